The van der Waals surface area contributed by atoms with E-state index in [1.807, 2.05) is 0 Å². The van der Waals surface area contributed by atoms with Gasteiger partial charge in [0.15, 0.2) is 0 Å². The van der Waals surface area contributed by atoms with E-state index in [9.17, 15) is 0 Å². The number of hydrogen-bond donors (Lipinski definition) is 0. The van der Waals surface area contributed by atoms with Crippen LogP contribution in [0.1, 0.15) is 17.5 Å². The molecule has 0 radical (unpaired) electrons. The molecule has 1 aliphatic heterocycles. The first-order chi connectivity index (χ1) is 31.2. The summed E-state index contributed by atoms with van der Waals surface area (Å²) in [6.45, 7) is 0. The van der Waals surface area contributed by atoms with Gasteiger partial charge in [0.1, 0.15) is 0 Å². The van der Waals surface area contributed by atoms with Crippen LogP contribution in [0.15, 0.2) is 243 Å². The van der Waals surface area contributed by atoms with E-state index in [2.05, 4.69) is 257 Å². The number of aromatic nitrogens is 1. The molecule has 0 spiro atoms. The second kappa shape index (κ2) is 15.4. The first kappa shape index (κ1) is 36.7. The summed E-state index contributed by atoms with van der Waals surface area (Å²) < 4.78 is 2.37. The van der Waals surface area contributed by atoms with Crippen LogP contribution in [0.25, 0.3) is 60.9 Å². The lowest BCUT2D eigenvalue weighted by molar-refractivity contribution is 0.831. The SMILES string of the molecule is C1=C(c2ccc(N(c3ccc(-c4ccccc4)cc3)c3ccc(-c4ccc5c(c4)c4ccccc4n5-c4ccccc4)cc3)cc2)C=C2c3ccccc3N(c3ccccc3)C2C1. The van der Waals surface area contributed by atoms with Crippen molar-refractivity contribution in [1.82, 2.24) is 4.57 Å². The van der Waals surface area contributed by atoms with Crippen LogP contribution in [0, 0.1) is 0 Å². The minimum Gasteiger partial charge on any atom is -0.333 e. The van der Waals surface area contributed by atoms with Crippen molar-refractivity contribution in [3.63, 3.8) is 0 Å². The second-order valence-electron chi connectivity index (χ2n) is 16.5. The van der Waals surface area contributed by atoms with Crippen LogP contribution < -0.4 is 9.80 Å². The van der Waals surface area contributed by atoms with Crippen molar-refractivity contribution >= 4 is 61.4 Å². The molecule has 0 bridgehead atoms. The number of anilines is 5. The molecule has 9 aromatic carbocycles. The van der Waals surface area contributed by atoms with Gasteiger partial charge in [0.05, 0.1) is 17.1 Å². The van der Waals surface area contributed by atoms with E-state index in [0.29, 0.717) is 0 Å². The molecule has 298 valence electrons. The minimum absolute atomic E-state index is 0.279. The molecule has 63 heavy (non-hydrogen) atoms. The Morgan fingerprint density at radius 1 is 0.397 bits per heavy atom. The maximum absolute atomic E-state index is 2.51. The van der Waals surface area contributed by atoms with Gasteiger partial charge in [-0.3, -0.25) is 0 Å². The third kappa shape index (κ3) is 6.45. The molecule has 0 amide bonds. The normalized spacial score (nSPS) is 14.3. The Hall–Kier alpha value is -8.14. The summed E-state index contributed by atoms with van der Waals surface area (Å²) in [5, 5.41) is 2.51. The summed E-state index contributed by atoms with van der Waals surface area (Å²) in [6.07, 6.45) is 5.78. The van der Waals surface area contributed by atoms with Crippen molar-refractivity contribution in [2.75, 3.05) is 9.80 Å². The zero-order valence-corrected chi connectivity index (χ0v) is 34.7. The van der Waals surface area contributed by atoms with Gasteiger partial charge >= 0.3 is 0 Å². The van der Waals surface area contributed by atoms with Gasteiger partial charge in [-0.25, -0.2) is 0 Å². The summed E-state index contributed by atoms with van der Waals surface area (Å²) in [6, 6.07) is 83.9. The van der Waals surface area contributed by atoms with Gasteiger partial charge in [0.25, 0.3) is 0 Å². The predicted octanol–water partition coefficient (Wildman–Crippen LogP) is 16.0. The predicted molar refractivity (Wildman–Crippen MR) is 266 cm³/mol. The number of nitrogens with zero attached hydrogens (tertiary/aromatic N) is 3. The second-order valence-corrected chi connectivity index (χ2v) is 16.5. The van der Waals surface area contributed by atoms with Crippen molar-refractivity contribution in [3.05, 3.63) is 254 Å². The monoisotopic (exact) mass is 805 g/mol. The number of benzene rings is 9. The smallest absolute Gasteiger partial charge is 0.0633 e. The topological polar surface area (TPSA) is 11.4 Å². The van der Waals surface area contributed by atoms with E-state index in [1.54, 1.807) is 0 Å². The van der Waals surface area contributed by atoms with Crippen LogP contribution in [0.2, 0.25) is 0 Å². The molecule has 3 nitrogen and oxygen atoms in total. The lowest BCUT2D eigenvalue weighted by Gasteiger charge is -2.29. The van der Waals surface area contributed by atoms with Crippen molar-refractivity contribution in [2.45, 2.75) is 12.5 Å². The molecular formula is C60H43N3. The number of rotatable bonds is 8. The quantitative estimate of drug-likeness (QED) is 0.152. The molecule has 1 unspecified atom stereocenters. The summed E-state index contributed by atoms with van der Waals surface area (Å²) >= 11 is 0. The Bertz CT molecular complexity index is 3330. The third-order valence-corrected chi connectivity index (χ3v) is 12.9. The van der Waals surface area contributed by atoms with Gasteiger partial charge in [0, 0.05) is 50.5 Å². The van der Waals surface area contributed by atoms with Gasteiger partial charge in [-0.2, -0.15) is 0 Å². The van der Waals surface area contributed by atoms with Crippen molar-refractivity contribution in [1.29, 1.82) is 0 Å². The van der Waals surface area contributed by atoms with E-state index in [1.165, 1.54) is 83.4 Å². The number of hydrogen-bond acceptors (Lipinski definition) is 2. The molecule has 0 fully saturated rings. The molecule has 3 heteroatoms. The Morgan fingerprint density at radius 2 is 0.905 bits per heavy atom. The van der Waals surface area contributed by atoms with Crippen LogP contribution in [-0.4, -0.2) is 10.6 Å². The lowest BCUT2D eigenvalue weighted by atomic mass is 9.89. The molecule has 1 aliphatic carbocycles. The van der Waals surface area contributed by atoms with Gasteiger partial charge in [-0.1, -0.05) is 152 Å². The van der Waals surface area contributed by atoms with Crippen molar-refractivity contribution in [3.8, 4) is 27.9 Å². The Balaban J connectivity index is 0.891. The fourth-order valence-corrected chi connectivity index (χ4v) is 9.89. The maximum atomic E-state index is 2.51. The van der Waals surface area contributed by atoms with Crippen LogP contribution >= 0.6 is 0 Å². The van der Waals surface area contributed by atoms with Crippen molar-refractivity contribution in [2.24, 2.45) is 0 Å². The minimum atomic E-state index is 0.279. The average molecular weight is 806 g/mol. The van der Waals surface area contributed by atoms with Crippen LogP contribution in [0.5, 0.6) is 0 Å². The molecule has 2 heterocycles. The van der Waals surface area contributed by atoms with Gasteiger partial charge < -0.3 is 14.4 Å². The van der Waals surface area contributed by atoms with E-state index in [-0.39, 0.29) is 6.04 Å². The number of fused-ring (bicyclic) bond motifs is 6. The Kier molecular flexibility index (Phi) is 8.97. The van der Waals surface area contributed by atoms with Gasteiger partial charge in [-0.05, 0) is 136 Å². The molecule has 0 saturated heterocycles. The first-order valence-corrected chi connectivity index (χ1v) is 21.9. The zero-order valence-electron chi connectivity index (χ0n) is 34.7. The van der Waals surface area contributed by atoms with Crippen molar-refractivity contribution < 1.29 is 0 Å². The summed E-state index contributed by atoms with van der Waals surface area (Å²) in [7, 11) is 0. The highest BCUT2D eigenvalue weighted by Crippen LogP contribution is 2.49. The zero-order chi connectivity index (χ0) is 41.7. The molecule has 1 atom stereocenters. The maximum Gasteiger partial charge on any atom is 0.0633 e. The first-order valence-electron chi connectivity index (χ1n) is 21.9. The van der Waals surface area contributed by atoms with Crippen LogP contribution in [0.3, 0.4) is 0 Å². The standard InChI is InChI=1S/C60H43N3/c1-4-14-42(15-5-1)43-24-32-50(33-25-43)61(51-34-26-44(27-35-51)46-30-38-59-55(40-46)53-20-10-12-22-57(53)62(59)48-16-6-2-7-17-48)52-36-28-45(29-37-52)47-31-39-60-56(41-47)54-21-11-13-23-58(54)63(60)49-18-8-3-9-19-49/h1-38,40-41,60H,39H2. The number of allylic oxidation sites excluding steroid dienone is 2. The molecule has 10 aromatic rings. The molecular weight excluding hydrogens is 763 g/mol. The van der Waals surface area contributed by atoms with E-state index < -0.39 is 0 Å². The summed E-state index contributed by atoms with van der Waals surface area (Å²) in [5.41, 5.74) is 19.4. The highest BCUT2D eigenvalue weighted by Gasteiger charge is 2.35. The van der Waals surface area contributed by atoms with Gasteiger partial charge in [0.2, 0.25) is 0 Å². The highest BCUT2D eigenvalue weighted by molar-refractivity contribution is 6.10. The molecule has 12 rings (SSSR count). The number of para-hydroxylation sites is 4. The summed E-state index contributed by atoms with van der Waals surface area (Å²) in [4.78, 5) is 4.88. The molecule has 2 aliphatic rings. The Labute approximate surface area is 368 Å². The van der Waals surface area contributed by atoms with Crippen LogP contribution in [-0.2, 0) is 0 Å². The highest BCUT2D eigenvalue weighted by atomic mass is 15.2. The fraction of sp³-hybridized carbons (Fsp3) is 0.0333. The Morgan fingerprint density at radius 3 is 1.59 bits per heavy atom. The molecule has 0 saturated carbocycles. The van der Waals surface area contributed by atoms with E-state index in [0.717, 1.165) is 23.5 Å². The summed E-state index contributed by atoms with van der Waals surface area (Å²) in [5.74, 6) is 0. The molecule has 0 N–H and O–H groups in total. The average Bonchev–Trinajstić information content (AvgIpc) is 3.88. The van der Waals surface area contributed by atoms with E-state index >= 15 is 0 Å². The third-order valence-electron chi connectivity index (χ3n) is 12.9. The van der Waals surface area contributed by atoms with Crippen LogP contribution in [0.4, 0.5) is 28.4 Å². The van der Waals surface area contributed by atoms with Gasteiger partial charge in [-0.15, -0.1) is 0 Å². The van der Waals surface area contributed by atoms with E-state index in [4.69, 9.17) is 0 Å². The largest absolute Gasteiger partial charge is 0.333 e. The lowest BCUT2D eigenvalue weighted by Crippen LogP contribution is -2.27. The fourth-order valence-electron chi connectivity index (χ4n) is 9.89. The molecule has 1 aromatic heterocycles.